The van der Waals surface area contributed by atoms with Gasteiger partial charge in [0.05, 0.1) is 12.3 Å². The van der Waals surface area contributed by atoms with Gasteiger partial charge in [-0.3, -0.25) is 13.9 Å². The van der Waals surface area contributed by atoms with Crippen LogP contribution in [-0.4, -0.2) is 31.0 Å². The number of nitrogens with one attached hydrogen (secondary N) is 1. The predicted octanol–water partition coefficient (Wildman–Crippen LogP) is 4.50. The molecule has 0 atom stereocenters. The van der Waals surface area contributed by atoms with E-state index >= 15 is 0 Å². The molecule has 0 aliphatic heterocycles. The van der Waals surface area contributed by atoms with Gasteiger partial charge in [-0.15, -0.1) is 10.2 Å². The third-order valence-corrected chi connectivity index (χ3v) is 5.40. The summed E-state index contributed by atoms with van der Waals surface area (Å²) in [4.78, 5) is 12.3. The fourth-order valence-corrected chi connectivity index (χ4v) is 3.67. The maximum Gasteiger partial charge on any atom is 0.236 e. The van der Waals surface area contributed by atoms with Gasteiger partial charge in [0, 0.05) is 23.1 Å². The van der Waals surface area contributed by atoms with Crippen LogP contribution in [-0.2, 0) is 11.3 Å². The van der Waals surface area contributed by atoms with Crippen molar-refractivity contribution in [2.75, 3.05) is 11.1 Å². The van der Waals surface area contributed by atoms with E-state index in [4.69, 9.17) is 11.6 Å². The molecule has 0 saturated carbocycles. The Bertz CT molecular complexity index is 1080. The SMILES string of the molecule is O=C(CSc1nnc(-n2cccc2)n1Cc1ccccc1)Nc1ccc(Cl)cc1. The Hall–Kier alpha value is -3.03. The number of rotatable bonds is 7. The second-order valence-corrected chi connectivity index (χ2v) is 7.67. The van der Waals surface area contributed by atoms with Crippen LogP contribution in [0.15, 0.2) is 84.3 Å². The molecule has 4 rings (SSSR count). The van der Waals surface area contributed by atoms with Crippen LogP contribution >= 0.6 is 23.4 Å². The number of carbonyl (C=O) groups is 1. The van der Waals surface area contributed by atoms with Crippen molar-refractivity contribution in [2.24, 2.45) is 0 Å². The first-order valence-electron chi connectivity index (χ1n) is 8.98. The Kier molecular flexibility index (Phi) is 5.97. The molecular weight excluding hydrogens is 406 g/mol. The van der Waals surface area contributed by atoms with Crippen LogP contribution in [0.2, 0.25) is 5.02 Å². The van der Waals surface area contributed by atoms with E-state index in [1.807, 2.05) is 51.9 Å². The Balaban J connectivity index is 1.50. The van der Waals surface area contributed by atoms with Gasteiger partial charge in [0.2, 0.25) is 11.9 Å². The summed E-state index contributed by atoms with van der Waals surface area (Å²) in [5.74, 6) is 0.815. The van der Waals surface area contributed by atoms with Gasteiger partial charge >= 0.3 is 0 Å². The first-order valence-corrected chi connectivity index (χ1v) is 10.3. The highest BCUT2D eigenvalue weighted by Gasteiger charge is 2.16. The van der Waals surface area contributed by atoms with Gasteiger partial charge in [0.25, 0.3) is 0 Å². The monoisotopic (exact) mass is 423 g/mol. The van der Waals surface area contributed by atoms with Gasteiger partial charge in [-0.25, -0.2) is 0 Å². The van der Waals surface area contributed by atoms with Gasteiger partial charge in [-0.05, 0) is 42.0 Å². The number of benzene rings is 2. The summed E-state index contributed by atoms with van der Waals surface area (Å²) in [6, 6.07) is 21.0. The average molecular weight is 424 g/mol. The highest BCUT2D eigenvalue weighted by molar-refractivity contribution is 7.99. The highest BCUT2D eigenvalue weighted by Crippen LogP contribution is 2.21. The summed E-state index contributed by atoms with van der Waals surface area (Å²) in [7, 11) is 0. The lowest BCUT2D eigenvalue weighted by Gasteiger charge is -2.11. The quantitative estimate of drug-likeness (QED) is 0.444. The Morgan fingerprint density at radius 1 is 0.966 bits per heavy atom. The molecule has 2 aromatic heterocycles. The van der Waals surface area contributed by atoms with Crippen LogP contribution in [0.4, 0.5) is 5.69 Å². The van der Waals surface area contributed by atoms with Crippen LogP contribution in [0.25, 0.3) is 5.95 Å². The summed E-state index contributed by atoms with van der Waals surface area (Å²) in [5, 5.41) is 12.8. The number of amides is 1. The van der Waals surface area contributed by atoms with Gasteiger partial charge < -0.3 is 5.32 Å². The van der Waals surface area contributed by atoms with E-state index in [-0.39, 0.29) is 11.7 Å². The first-order chi connectivity index (χ1) is 14.2. The number of carbonyl (C=O) groups excluding carboxylic acids is 1. The Morgan fingerprint density at radius 2 is 1.69 bits per heavy atom. The van der Waals surface area contributed by atoms with Crippen molar-refractivity contribution in [2.45, 2.75) is 11.7 Å². The number of aromatic nitrogens is 4. The summed E-state index contributed by atoms with van der Waals surface area (Å²) in [6.07, 6.45) is 3.85. The van der Waals surface area contributed by atoms with Crippen LogP contribution in [0.3, 0.4) is 0 Å². The van der Waals surface area contributed by atoms with Crippen LogP contribution in [0.5, 0.6) is 0 Å². The maximum atomic E-state index is 12.3. The summed E-state index contributed by atoms with van der Waals surface area (Å²) >= 11 is 7.23. The molecule has 4 aromatic rings. The average Bonchev–Trinajstić information content (AvgIpc) is 3.39. The van der Waals surface area contributed by atoms with Crippen LogP contribution in [0, 0.1) is 0 Å². The zero-order chi connectivity index (χ0) is 20.1. The minimum atomic E-state index is -0.117. The molecule has 146 valence electrons. The molecule has 1 N–H and O–H groups in total. The first kappa shape index (κ1) is 19.3. The number of halogens is 1. The fraction of sp³-hybridized carbons (Fsp3) is 0.0952. The highest BCUT2D eigenvalue weighted by atomic mass is 35.5. The van der Waals surface area contributed by atoms with Crippen molar-refractivity contribution in [1.82, 2.24) is 19.3 Å². The van der Waals surface area contributed by atoms with Gasteiger partial charge in [0.15, 0.2) is 5.16 Å². The van der Waals surface area contributed by atoms with Gasteiger partial charge in [-0.2, -0.15) is 0 Å². The Morgan fingerprint density at radius 3 is 2.41 bits per heavy atom. The lowest BCUT2D eigenvalue weighted by molar-refractivity contribution is -0.113. The van der Waals surface area contributed by atoms with Gasteiger partial charge in [0.1, 0.15) is 0 Å². The number of anilines is 1. The molecular formula is C21H18ClN5OS. The van der Waals surface area contributed by atoms with E-state index in [1.54, 1.807) is 24.3 Å². The lowest BCUT2D eigenvalue weighted by atomic mass is 10.2. The van der Waals surface area contributed by atoms with Crippen molar-refractivity contribution >= 4 is 35.0 Å². The van der Waals surface area contributed by atoms with E-state index < -0.39 is 0 Å². The molecule has 2 aromatic carbocycles. The largest absolute Gasteiger partial charge is 0.325 e. The minimum Gasteiger partial charge on any atom is -0.325 e. The second kappa shape index (κ2) is 8.98. The van der Waals surface area contributed by atoms with Crippen LogP contribution < -0.4 is 5.32 Å². The van der Waals surface area contributed by atoms with Crippen molar-refractivity contribution < 1.29 is 4.79 Å². The number of nitrogens with zero attached hydrogens (tertiary/aromatic N) is 4. The third-order valence-electron chi connectivity index (χ3n) is 4.18. The second-order valence-electron chi connectivity index (χ2n) is 6.29. The number of hydrogen-bond donors (Lipinski definition) is 1. The molecule has 0 aliphatic carbocycles. The molecule has 0 spiro atoms. The normalized spacial score (nSPS) is 10.8. The maximum absolute atomic E-state index is 12.3. The number of hydrogen-bond acceptors (Lipinski definition) is 4. The molecule has 0 saturated heterocycles. The van der Waals surface area contributed by atoms with Crippen molar-refractivity contribution in [3.63, 3.8) is 0 Å². The molecule has 8 heteroatoms. The minimum absolute atomic E-state index is 0.117. The zero-order valence-electron chi connectivity index (χ0n) is 15.4. The smallest absolute Gasteiger partial charge is 0.236 e. The van der Waals surface area contributed by atoms with E-state index in [1.165, 1.54) is 11.8 Å². The standard InChI is InChI=1S/C21H18ClN5OS/c22-17-8-10-18(11-9-17)23-19(28)15-29-21-25-24-20(26-12-4-5-13-26)27(21)14-16-6-2-1-3-7-16/h1-13H,14-15H2,(H,23,28). The van der Waals surface area contributed by atoms with E-state index in [9.17, 15) is 4.79 Å². The molecule has 0 radical (unpaired) electrons. The predicted molar refractivity (Wildman–Crippen MR) is 116 cm³/mol. The van der Waals surface area contributed by atoms with Crippen molar-refractivity contribution in [3.8, 4) is 5.95 Å². The fourth-order valence-electron chi connectivity index (χ4n) is 2.81. The molecule has 0 aliphatic rings. The summed E-state index contributed by atoms with van der Waals surface area (Å²) in [5.41, 5.74) is 1.84. The van der Waals surface area contributed by atoms with E-state index in [0.29, 0.717) is 28.4 Å². The van der Waals surface area contributed by atoms with Gasteiger partial charge in [-0.1, -0.05) is 53.7 Å². The molecule has 0 fully saturated rings. The summed E-state index contributed by atoms with van der Waals surface area (Å²) < 4.78 is 3.92. The Labute approximate surface area is 177 Å². The molecule has 2 heterocycles. The molecule has 0 bridgehead atoms. The topological polar surface area (TPSA) is 64.7 Å². The van der Waals surface area contributed by atoms with Crippen molar-refractivity contribution in [1.29, 1.82) is 0 Å². The number of thioether (sulfide) groups is 1. The summed E-state index contributed by atoms with van der Waals surface area (Å²) in [6.45, 7) is 0.614. The molecule has 29 heavy (non-hydrogen) atoms. The van der Waals surface area contributed by atoms with Crippen molar-refractivity contribution in [3.05, 3.63) is 89.7 Å². The van der Waals surface area contributed by atoms with Crippen LogP contribution in [0.1, 0.15) is 5.56 Å². The zero-order valence-corrected chi connectivity index (χ0v) is 17.0. The molecule has 6 nitrogen and oxygen atoms in total. The molecule has 1 amide bonds. The third kappa shape index (κ3) is 4.88. The lowest BCUT2D eigenvalue weighted by Crippen LogP contribution is -2.15. The van der Waals surface area contributed by atoms with E-state index in [0.717, 1.165) is 5.56 Å². The van der Waals surface area contributed by atoms with E-state index in [2.05, 4.69) is 27.6 Å². The molecule has 0 unspecified atom stereocenters.